The fraction of sp³-hybridized carbons (Fsp3) is 0.304. The molecule has 0 spiro atoms. The van der Waals surface area contributed by atoms with E-state index < -0.39 is 6.61 Å². The first-order chi connectivity index (χ1) is 14.9. The standard InChI is InChI=1S/C23H25F2N3O3/c1-15-11-16(2)28(27-15)14-18-5-4-6-19(12-18)22(29)26-10-9-17-7-8-20(30-3)21(13-17)31-23(24)25/h4-8,11-13,23H,9-10,14H2,1-3H3,(H,26,29). The second kappa shape index (κ2) is 10.1. The lowest BCUT2D eigenvalue weighted by Gasteiger charge is -2.12. The van der Waals surface area contributed by atoms with E-state index in [4.69, 9.17) is 4.74 Å². The van der Waals surface area contributed by atoms with Gasteiger partial charge in [-0.1, -0.05) is 18.2 Å². The fourth-order valence-corrected chi connectivity index (χ4v) is 3.31. The smallest absolute Gasteiger partial charge is 0.387 e. The zero-order valence-corrected chi connectivity index (χ0v) is 17.7. The topological polar surface area (TPSA) is 65.4 Å². The van der Waals surface area contributed by atoms with Crippen molar-refractivity contribution in [1.82, 2.24) is 15.1 Å². The summed E-state index contributed by atoms with van der Waals surface area (Å²) in [4.78, 5) is 12.5. The van der Waals surface area contributed by atoms with E-state index in [1.807, 2.05) is 42.8 Å². The minimum Gasteiger partial charge on any atom is -0.493 e. The Hall–Kier alpha value is -3.42. The lowest BCUT2D eigenvalue weighted by atomic mass is 10.1. The van der Waals surface area contributed by atoms with Crippen LogP contribution in [-0.2, 0) is 13.0 Å². The van der Waals surface area contributed by atoms with Crippen LogP contribution in [0, 0.1) is 13.8 Å². The van der Waals surface area contributed by atoms with Crippen LogP contribution in [0.1, 0.15) is 32.9 Å². The van der Waals surface area contributed by atoms with Crippen molar-refractivity contribution in [1.29, 1.82) is 0 Å². The van der Waals surface area contributed by atoms with E-state index in [9.17, 15) is 13.6 Å². The molecule has 0 bridgehead atoms. The third kappa shape index (κ3) is 6.04. The molecular weight excluding hydrogens is 404 g/mol. The molecule has 0 saturated carbocycles. The van der Waals surface area contributed by atoms with Gasteiger partial charge in [0.1, 0.15) is 0 Å². The van der Waals surface area contributed by atoms with Crippen LogP contribution in [0.25, 0.3) is 0 Å². The fourth-order valence-electron chi connectivity index (χ4n) is 3.31. The largest absolute Gasteiger partial charge is 0.493 e. The van der Waals surface area contributed by atoms with Gasteiger partial charge in [-0.15, -0.1) is 0 Å². The SMILES string of the molecule is COc1ccc(CCNC(=O)c2cccc(Cn3nc(C)cc3C)c2)cc1OC(F)F. The van der Waals surface area contributed by atoms with Gasteiger partial charge in [0, 0.05) is 17.8 Å². The van der Waals surface area contributed by atoms with Crippen molar-refractivity contribution in [2.24, 2.45) is 0 Å². The molecule has 0 aliphatic carbocycles. The molecule has 0 radical (unpaired) electrons. The molecule has 6 nitrogen and oxygen atoms in total. The molecule has 31 heavy (non-hydrogen) atoms. The number of aryl methyl sites for hydroxylation is 2. The number of ether oxygens (including phenoxy) is 2. The van der Waals surface area contributed by atoms with Crippen LogP contribution >= 0.6 is 0 Å². The highest BCUT2D eigenvalue weighted by Gasteiger charge is 2.12. The first-order valence-electron chi connectivity index (χ1n) is 9.85. The van der Waals surface area contributed by atoms with E-state index in [-0.39, 0.29) is 17.4 Å². The highest BCUT2D eigenvalue weighted by Crippen LogP contribution is 2.29. The number of nitrogens with one attached hydrogen (secondary N) is 1. The first-order valence-corrected chi connectivity index (χ1v) is 9.85. The van der Waals surface area contributed by atoms with E-state index in [1.165, 1.54) is 13.2 Å². The summed E-state index contributed by atoms with van der Waals surface area (Å²) in [7, 11) is 1.39. The predicted molar refractivity (Wildman–Crippen MR) is 113 cm³/mol. The van der Waals surface area contributed by atoms with Crippen LogP contribution in [0.3, 0.4) is 0 Å². The summed E-state index contributed by atoms with van der Waals surface area (Å²) >= 11 is 0. The molecule has 1 heterocycles. The number of amides is 1. The minimum absolute atomic E-state index is 0.0295. The summed E-state index contributed by atoms with van der Waals surface area (Å²) in [5.74, 6) is -0.00141. The second-order valence-electron chi connectivity index (χ2n) is 7.15. The van der Waals surface area contributed by atoms with E-state index in [2.05, 4.69) is 15.2 Å². The second-order valence-corrected chi connectivity index (χ2v) is 7.15. The Labute approximate surface area is 179 Å². The van der Waals surface area contributed by atoms with Gasteiger partial charge in [-0.05, 0) is 61.7 Å². The average molecular weight is 429 g/mol. The molecule has 0 atom stereocenters. The number of nitrogens with zero attached hydrogens (tertiary/aromatic N) is 2. The van der Waals surface area contributed by atoms with Crippen LogP contribution in [-0.4, -0.2) is 36.0 Å². The number of hydrogen-bond acceptors (Lipinski definition) is 4. The zero-order valence-electron chi connectivity index (χ0n) is 17.7. The van der Waals surface area contributed by atoms with Crippen molar-refractivity contribution >= 4 is 5.91 Å². The van der Waals surface area contributed by atoms with Gasteiger partial charge in [0.05, 0.1) is 19.3 Å². The summed E-state index contributed by atoms with van der Waals surface area (Å²) in [5, 5.41) is 7.31. The number of alkyl halides is 2. The molecule has 3 aromatic rings. The van der Waals surface area contributed by atoms with Gasteiger partial charge < -0.3 is 14.8 Å². The summed E-state index contributed by atoms with van der Waals surface area (Å²) in [6.45, 7) is 1.93. The van der Waals surface area contributed by atoms with Crippen molar-refractivity contribution in [2.75, 3.05) is 13.7 Å². The molecule has 8 heteroatoms. The maximum atomic E-state index is 12.6. The molecule has 1 aromatic heterocycles. The Bertz CT molecular complexity index is 1050. The molecule has 1 N–H and O–H groups in total. The number of rotatable bonds is 9. The van der Waals surface area contributed by atoms with E-state index in [0.29, 0.717) is 25.1 Å². The molecule has 2 aromatic carbocycles. The Balaban J connectivity index is 1.59. The molecule has 164 valence electrons. The third-order valence-electron chi connectivity index (χ3n) is 4.77. The maximum Gasteiger partial charge on any atom is 0.387 e. The third-order valence-corrected chi connectivity index (χ3v) is 4.77. The molecule has 0 fully saturated rings. The van der Waals surface area contributed by atoms with Crippen LogP contribution in [0.2, 0.25) is 0 Å². The average Bonchev–Trinajstić information content (AvgIpc) is 3.04. The Morgan fingerprint density at radius 2 is 1.90 bits per heavy atom. The number of benzene rings is 2. The molecule has 0 aliphatic heterocycles. The van der Waals surface area contributed by atoms with Gasteiger partial charge in [0.15, 0.2) is 11.5 Å². The number of carbonyl (C=O) groups is 1. The van der Waals surface area contributed by atoms with Crippen molar-refractivity contribution in [2.45, 2.75) is 33.4 Å². The quantitative estimate of drug-likeness (QED) is 0.556. The van der Waals surface area contributed by atoms with Gasteiger partial charge in [-0.25, -0.2) is 0 Å². The van der Waals surface area contributed by atoms with Crippen molar-refractivity contribution in [3.05, 3.63) is 76.6 Å². The Morgan fingerprint density at radius 3 is 2.58 bits per heavy atom. The lowest BCUT2D eigenvalue weighted by molar-refractivity contribution is -0.0512. The first kappa shape index (κ1) is 22.3. The van der Waals surface area contributed by atoms with E-state index >= 15 is 0 Å². The Morgan fingerprint density at radius 1 is 1.10 bits per heavy atom. The van der Waals surface area contributed by atoms with Gasteiger partial charge in [0.2, 0.25) is 0 Å². The number of methoxy groups -OCH3 is 1. The van der Waals surface area contributed by atoms with Crippen LogP contribution in [0.5, 0.6) is 11.5 Å². The highest BCUT2D eigenvalue weighted by molar-refractivity contribution is 5.94. The predicted octanol–water partition coefficient (Wildman–Crippen LogP) is 4.13. The minimum atomic E-state index is -2.94. The van der Waals surface area contributed by atoms with Gasteiger partial charge in [-0.3, -0.25) is 9.48 Å². The molecule has 1 amide bonds. The Kier molecular flexibility index (Phi) is 7.23. The van der Waals surface area contributed by atoms with Crippen molar-refractivity contribution in [3.63, 3.8) is 0 Å². The van der Waals surface area contributed by atoms with Crippen LogP contribution in [0.15, 0.2) is 48.5 Å². The number of aromatic nitrogens is 2. The summed E-state index contributed by atoms with van der Waals surface area (Å²) in [5.41, 5.74) is 4.28. The van der Waals surface area contributed by atoms with Gasteiger partial charge in [0.25, 0.3) is 5.91 Å². The number of halogens is 2. The lowest BCUT2D eigenvalue weighted by Crippen LogP contribution is -2.25. The summed E-state index contributed by atoms with van der Waals surface area (Å²) in [6, 6.07) is 14.2. The van der Waals surface area contributed by atoms with E-state index in [1.54, 1.807) is 18.2 Å². The van der Waals surface area contributed by atoms with E-state index in [0.717, 1.165) is 22.5 Å². The normalized spacial score (nSPS) is 10.9. The van der Waals surface area contributed by atoms with Gasteiger partial charge >= 0.3 is 6.61 Å². The molecule has 0 saturated heterocycles. The highest BCUT2D eigenvalue weighted by atomic mass is 19.3. The zero-order chi connectivity index (χ0) is 22.4. The number of carbonyl (C=O) groups excluding carboxylic acids is 1. The molecular formula is C23H25F2N3O3. The van der Waals surface area contributed by atoms with Gasteiger partial charge in [-0.2, -0.15) is 13.9 Å². The van der Waals surface area contributed by atoms with Crippen LogP contribution in [0.4, 0.5) is 8.78 Å². The summed E-state index contributed by atoms with van der Waals surface area (Å²) < 4.78 is 36.6. The van der Waals surface area contributed by atoms with Crippen molar-refractivity contribution in [3.8, 4) is 11.5 Å². The number of hydrogen-bond donors (Lipinski definition) is 1. The van der Waals surface area contributed by atoms with Crippen LogP contribution < -0.4 is 14.8 Å². The molecule has 0 aliphatic rings. The molecule has 0 unspecified atom stereocenters. The summed E-state index contributed by atoms with van der Waals surface area (Å²) in [6.07, 6.45) is 0.459. The molecule has 3 rings (SSSR count). The maximum absolute atomic E-state index is 12.6. The van der Waals surface area contributed by atoms with Crippen molar-refractivity contribution < 1.29 is 23.0 Å². The monoisotopic (exact) mass is 429 g/mol.